The van der Waals surface area contributed by atoms with Crippen LogP contribution < -0.4 is 5.32 Å². The number of anilines is 1. The third kappa shape index (κ3) is 4.83. The first-order valence-corrected chi connectivity index (χ1v) is 6.62. The minimum atomic E-state index is -0.564. The number of rotatable bonds is 4. The molecule has 0 saturated heterocycles. The Bertz CT molecular complexity index is 435. The highest BCUT2D eigenvalue weighted by Crippen LogP contribution is 2.20. The van der Waals surface area contributed by atoms with Crippen LogP contribution in [0, 0.1) is 0 Å². The molecule has 0 atom stereocenters. The van der Waals surface area contributed by atoms with Gasteiger partial charge in [0.1, 0.15) is 5.60 Å². The first-order valence-electron chi connectivity index (χ1n) is 5.81. The van der Waals surface area contributed by atoms with E-state index in [4.69, 9.17) is 4.74 Å². The van der Waals surface area contributed by atoms with Crippen molar-refractivity contribution in [1.82, 2.24) is 4.98 Å². The van der Waals surface area contributed by atoms with Gasteiger partial charge >= 0.3 is 6.09 Å². The Balaban J connectivity index is 2.59. The second-order valence-electron chi connectivity index (χ2n) is 4.83. The van der Waals surface area contributed by atoms with Gasteiger partial charge < -0.3 is 4.74 Å². The Kier molecular flexibility index (Phi) is 4.84. The van der Waals surface area contributed by atoms with E-state index in [1.54, 1.807) is 20.8 Å². The smallest absolute Gasteiger partial charge is 0.413 e. The lowest BCUT2D eigenvalue weighted by molar-refractivity contribution is 0.0635. The summed E-state index contributed by atoms with van der Waals surface area (Å²) in [6.07, 6.45) is 2.21. The largest absolute Gasteiger partial charge is 0.444 e. The maximum Gasteiger partial charge on any atom is 0.413 e. The predicted molar refractivity (Wildman–Crippen MR) is 71.2 cm³/mol. The van der Waals surface area contributed by atoms with E-state index >= 15 is 0 Å². The molecule has 1 heterocycles. The van der Waals surface area contributed by atoms with Gasteiger partial charge in [0.15, 0.2) is 10.9 Å². The summed E-state index contributed by atoms with van der Waals surface area (Å²) in [5.41, 5.74) is -0.553. The fraction of sp³-hybridized carbons (Fsp3) is 0.583. The van der Waals surface area contributed by atoms with Gasteiger partial charge in [-0.1, -0.05) is 18.3 Å². The van der Waals surface area contributed by atoms with E-state index in [0.717, 1.165) is 17.8 Å². The Morgan fingerprint density at radius 3 is 2.67 bits per heavy atom. The van der Waals surface area contributed by atoms with Gasteiger partial charge in [-0.15, -0.1) is 0 Å². The van der Waals surface area contributed by atoms with Crippen LogP contribution in [0.2, 0.25) is 0 Å². The SMILES string of the molecule is CCCC(=O)c1cnc(NC(=O)OC(C)(C)C)s1. The van der Waals surface area contributed by atoms with Crippen molar-refractivity contribution < 1.29 is 14.3 Å². The van der Waals surface area contributed by atoms with Crippen LogP contribution in [0.3, 0.4) is 0 Å². The van der Waals surface area contributed by atoms with Crippen LogP contribution >= 0.6 is 11.3 Å². The molecule has 1 rings (SSSR count). The molecule has 1 amide bonds. The zero-order valence-corrected chi connectivity index (χ0v) is 11.9. The van der Waals surface area contributed by atoms with E-state index in [2.05, 4.69) is 10.3 Å². The fourth-order valence-electron chi connectivity index (χ4n) is 1.20. The summed E-state index contributed by atoms with van der Waals surface area (Å²) < 4.78 is 5.09. The quantitative estimate of drug-likeness (QED) is 0.850. The molecule has 0 aliphatic carbocycles. The molecule has 5 nitrogen and oxygen atoms in total. The number of nitrogens with zero attached hydrogens (tertiary/aromatic N) is 1. The van der Waals surface area contributed by atoms with Gasteiger partial charge in [0.25, 0.3) is 0 Å². The molecule has 0 radical (unpaired) electrons. The van der Waals surface area contributed by atoms with Gasteiger partial charge in [0, 0.05) is 6.42 Å². The van der Waals surface area contributed by atoms with Crippen LogP contribution in [0.4, 0.5) is 9.93 Å². The monoisotopic (exact) mass is 270 g/mol. The van der Waals surface area contributed by atoms with E-state index in [0.29, 0.717) is 16.4 Å². The molecule has 18 heavy (non-hydrogen) atoms. The van der Waals surface area contributed by atoms with Crippen molar-refractivity contribution in [2.24, 2.45) is 0 Å². The lowest BCUT2D eigenvalue weighted by atomic mass is 10.2. The number of ether oxygens (including phenoxy) is 1. The van der Waals surface area contributed by atoms with E-state index in [1.807, 2.05) is 6.92 Å². The van der Waals surface area contributed by atoms with Crippen molar-refractivity contribution in [2.75, 3.05) is 5.32 Å². The van der Waals surface area contributed by atoms with Crippen LogP contribution in [0.1, 0.15) is 50.2 Å². The van der Waals surface area contributed by atoms with Crippen LogP contribution in [-0.4, -0.2) is 22.5 Å². The summed E-state index contributed by atoms with van der Waals surface area (Å²) in [5, 5.41) is 2.89. The van der Waals surface area contributed by atoms with Gasteiger partial charge in [-0.25, -0.2) is 9.78 Å². The van der Waals surface area contributed by atoms with Crippen LogP contribution in [-0.2, 0) is 4.74 Å². The van der Waals surface area contributed by atoms with Gasteiger partial charge in [-0.2, -0.15) is 0 Å². The summed E-state index contributed by atoms with van der Waals surface area (Å²) >= 11 is 1.16. The van der Waals surface area contributed by atoms with Crippen molar-refractivity contribution in [1.29, 1.82) is 0 Å². The summed E-state index contributed by atoms with van der Waals surface area (Å²) in [6, 6.07) is 0. The standard InChI is InChI=1S/C12H18N2O3S/c1-5-6-8(15)9-7-13-10(18-9)14-11(16)17-12(2,3)4/h7H,5-6H2,1-4H3,(H,13,14,16). The van der Waals surface area contributed by atoms with E-state index in [1.165, 1.54) is 6.20 Å². The average molecular weight is 270 g/mol. The Hall–Kier alpha value is -1.43. The second-order valence-corrected chi connectivity index (χ2v) is 5.86. The van der Waals surface area contributed by atoms with Crippen LogP contribution in [0.25, 0.3) is 0 Å². The number of carbonyl (C=O) groups is 2. The average Bonchev–Trinajstić information content (AvgIpc) is 2.63. The van der Waals surface area contributed by atoms with E-state index in [-0.39, 0.29) is 5.78 Å². The third-order valence-corrected chi connectivity index (χ3v) is 2.82. The molecule has 1 N–H and O–H groups in total. The molecule has 100 valence electrons. The number of thiazole rings is 1. The molecule has 0 aromatic carbocycles. The molecule has 0 aliphatic heterocycles. The summed E-state index contributed by atoms with van der Waals surface area (Å²) in [5.74, 6) is 0.0484. The lowest BCUT2D eigenvalue weighted by Crippen LogP contribution is -2.27. The van der Waals surface area contributed by atoms with Crippen molar-refractivity contribution in [3.05, 3.63) is 11.1 Å². The predicted octanol–water partition coefficient (Wildman–Crippen LogP) is 3.47. The van der Waals surface area contributed by atoms with Crippen molar-refractivity contribution in [2.45, 2.75) is 46.1 Å². The number of nitrogens with one attached hydrogen (secondary N) is 1. The van der Waals surface area contributed by atoms with Gasteiger partial charge in [0.2, 0.25) is 0 Å². The van der Waals surface area contributed by atoms with Gasteiger partial charge in [-0.05, 0) is 27.2 Å². The van der Waals surface area contributed by atoms with Gasteiger partial charge in [0.05, 0.1) is 11.1 Å². The Morgan fingerprint density at radius 2 is 2.11 bits per heavy atom. The molecule has 0 saturated carbocycles. The highest BCUT2D eigenvalue weighted by atomic mass is 32.1. The normalized spacial score (nSPS) is 11.1. The van der Waals surface area contributed by atoms with Crippen LogP contribution in [0.15, 0.2) is 6.20 Å². The summed E-state index contributed by atoms with van der Waals surface area (Å²) in [7, 11) is 0. The molecule has 0 fully saturated rings. The highest BCUT2D eigenvalue weighted by Gasteiger charge is 2.18. The molecular formula is C12H18N2O3S. The molecule has 0 unspecified atom stereocenters. The molecule has 0 spiro atoms. The number of hydrogen-bond donors (Lipinski definition) is 1. The molecule has 0 aliphatic rings. The highest BCUT2D eigenvalue weighted by molar-refractivity contribution is 7.17. The fourth-order valence-corrected chi connectivity index (χ4v) is 1.97. The van der Waals surface area contributed by atoms with Crippen LogP contribution in [0.5, 0.6) is 0 Å². The maximum absolute atomic E-state index is 11.6. The summed E-state index contributed by atoms with van der Waals surface area (Å²) in [4.78, 5) is 27.6. The number of aromatic nitrogens is 1. The molecular weight excluding hydrogens is 252 g/mol. The molecule has 1 aromatic heterocycles. The summed E-state index contributed by atoms with van der Waals surface area (Å²) in [6.45, 7) is 7.29. The topological polar surface area (TPSA) is 68.3 Å². The first-order chi connectivity index (χ1) is 8.31. The zero-order valence-electron chi connectivity index (χ0n) is 11.1. The third-order valence-electron chi connectivity index (χ3n) is 1.87. The number of Topliss-reactive ketones (excluding diaryl/α,β-unsaturated/α-hetero) is 1. The second kappa shape index (κ2) is 5.95. The van der Waals surface area contributed by atoms with E-state index < -0.39 is 11.7 Å². The molecule has 6 heteroatoms. The first kappa shape index (κ1) is 14.6. The molecule has 0 bridgehead atoms. The van der Waals surface area contributed by atoms with Crippen molar-refractivity contribution >= 4 is 28.3 Å². The molecule has 1 aromatic rings. The number of hydrogen-bond acceptors (Lipinski definition) is 5. The Morgan fingerprint density at radius 1 is 1.44 bits per heavy atom. The number of carbonyl (C=O) groups excluding carboxylic acids is 2. The van der Waals surface area contributed by atoms with Crippen molar-refractivity contribution in [3.63, 3.8) is 0 Å². The maximum atomic E-state index is 11.6. The lowest BCUT2D eigenvalue weighted by Gasteiger charge is -2.18. The number of amides is 1. The van der Waals surface area contributed by atoms with E-state index in [9.17, 15) is 9.59 Å². The minimum Gasteiger partial charge on any atom is -0.444 e. The van der Waals surface area contributed by atoms with Crippen molar-refractivity contribution in [3.8, 4) is 0 Å². The van der Waals surface area contributed by atoms with Gasteiger partial charge in [-0.3, -0.25) is 10.1 Å². The number of ketones is 1. The zero-order chi connectivity index (χ0) is 13.8. The Labute approximate surface area is 111 Å². The minimum absolute atomic E-state index is 0.0484.